The van der Waals surface area contributed by atoms with Gasteiger partial charge in [0.2, 0.25) is 11.8 Å². The number of carbonyl (C=O) groups is 4. The van der Waals surface area contributed by atoms with Crippen molar-refractivity contribution >= 4 is 35.0 Å². The molecule has 1 atom stereocenters. The molecule has 8 heteroatoms. The number of hydrogen-bond donors (Lipinski definition) is 1. The van der Waals surface area contributed by atoms with E-state index in [0.717, 1.165) is 4.90 Å². The van der Waals surface area contributed by atoms with Gasteiger partial charge < -0.3 is 10.1 Å². The standard InChI is InChI=1S/C27H25N3O5/c1-3-35-21-13-9-12-20(16-21)30(18(2)25(32)28-19-10-5-4-6-11-19)24(31)17-29-26(33)22-14-7-8-15-23(22)27(29)34/h4-16,18H,3,17H2,1-2H3,(H,28,32). The van der Waals surface area contributed by atoms with E-state index in [-0.39, 0.29) is 11.1 Å². The van der Waals surface area contributed by atoms with Crippen LogP contribution < -0.4 is 15.0 Å². The van der Waals surface area contributed by atoms with Gasteiger partial charge in [-0.1, -0.05) is 36.4 Å². The largest absolute Gasteiger partial charge is 0.494 e. The number of fused-ring (bicyclic) bond motifs is 1. The first-order valence-electron chi connectivity index (χ1n) is 11.3. The fourth-order valence-electron chi connectivity index (χ4n) is 3.95. The summed E-state index contributed by atoms with van der Waals surface area (Å²) in [5.74, 6) is -1.55. The molecule has 3 aromatic rings. The zero-order valence-corrected chi connectivity index (χ0v) is 19.4. The zero-order chi connectivity index (χ0) is 24.9. The van der Waals surface area contributed by atoms with Gasteiger partial charge in [-0.15, -0.1) is 0 Å². The number of anilines is 2. The monoisotopic (exact) mass is 471 g/mol. The highest BCUT2D eigenvalue weighted by molar-refractivity contribution is 6.23. The fraction of sp³-hybridized carbons (Fsp3) is 0.185. The third kappa shape index (κ3) is 4.91. The van der Waals surface area contributed by atoms with E-state index in [2.05, 4.69) is 5.32 Å². The van der Waals surface area contributed by atoms with Gasteiger partial charge in [0.05, 0.1) is 17.7 Å². The molecule has 4 rings (SSSR count). The van der Waals surface area contributed by atoms with Crippen LogP contribution >= 0.6 is 0 Å². The van der Waals surface area contributed by atoms with E-state index < -0.39 is 36.2 Å². The predicted octanol–water partition coefficient (Wildman–Crippen LogP) is 3.74. The van der Waals surface area contributed by atoms with Gasteiger partial charge in [-0.05, 0) is 50.2 Å². The van der Waals surface area contributed by atoms with Gasteiger partial charge in [-0.2, -0.15) is 0 Å². The lowest BCUT2D eigenvalue weighted by atomic mass is 10.1. The number of imide groups is 1. The number of carbonyl (C=O) groups excluding carboxylic acids is 4. The van der Waals surface area contributed by atoms with E-state index >= 15 is 0 Å². The molecule has 35 heavy (non-hydrogen) atoms. The van der Waals surface area contributed by atoms with Gasteiger partial charge in [0.15, 0.2) is 0 Å². The van der Waals surface area contributed by atoms with Crippen LogP contribution in [0.1, 0.15) is 34.6 Å². The predicted molar refractivity (Wildman–Crippen MR) is 131 cm³/mol. The maximum atomic E-state index is 13.6. The van der Waals surface area contributed by atoms with E-state index in [1.54, 1.807) is 79.7 Å². The van der Waals surface area contributed by atoms with Gasteiger partial charge in [-0.3, -0.25) is 29.0 Å². The third-order valence-electron chi connectivity index (χ3n) is 5.66. The van der Waals surface area contributed by atoms with Crippen LogP contribution in [0.3, 0.4) is 0 Å². The summed E-state index contributed by atoms with van der Waals surface area (Å²) in [6.45, 7) is 3.35. The Morgan fingerprint density at radius 2 is 1.54 bits per heavy atom. The van der Waals surface area contributed by atoms with Crippen LogP contribution in [0, 0.1) is 0 Å². The van der Waals surface area contributed by atoms with Crippen molar-refractivity contribution in [2.75, 3.05) is 23.4 Å². The first-order valence-corrected chi connectivity index (χ1v) is 11.3. The van der Waals surface area contributed by atoms with Crippen molar-refractivity contribution in [3.05, 3.63) is 90.0 Å². The molecular weight excluding hydrogens is 446 g/mol. The number of hydrogen-bond acceptors (Lipinski definition) is 5. The van der Waals surface area contributed by atoms with Gasteiger partial charge in [0.1, 0.15) is 18.3 Å². The zero-order valence-electron chi connectivity index (χ0n) is 19.4. The lowest BCUT2D eigenvalue weighted by Gasteiger charge is -2.30. The third-order valence-corrected chi connectivity index (χ3v) is 5.66. The Kier molecular flexibility index (Phi) is 6.91. The average molecular weight is 472 g/mol. The minimum atomic E-state index is -0.949. The summed E-state index contributed by atoms with van der Waals surface area (Å²) in [5, 5.41) is 2.80. The highest BCUT2D eigenvalue weighted by atomic mass is 16.5. The maximum absolute atomic E-state index is 13.6. The van der Waals surface area contributed by atoms with Crippen LogP contribution in [0.15, 0.2) is 78.9 Å². The van der Waals surface area contributed by atoms with Gasteiger partial charge >= 0.3 is 0 Å². The molecule has 8 nitrogen and oxygen atoms in total. The van der Waals surface area contributed by atoms with E-state index in [4.69, 9.17) is 4.74 Å². The summed E-state index contributed by atoms with van der Waals surface area (Å²) >= 11 is 0. The molecule has 1 unspecified atom stereocenters. The SMILES string of the molecule is CCOc1cccc(N(C(=O)CN2C(=O)c3ccccc3C2=O)C(C)C(=O)Nc2ccccc2)c1. The highest BCUT2D eigenvalue weighted by Crippen LogP contribution is 2.26. The second kappa shape index (κ2) is 10.2. The molecule has 0 fully saturated rings. The number of nitrogens with zero attached hydrogens (tertiary/aromatic N) is 2. The van der Waals surface area contributed by atoms with Crippen molar-refractivity contribution < 1.29 is 23.9 Å². The number of ether oxygens (including phenoxy) is 1. The summed E-state index contributed by atoms with van der Waals surface area (Å²) in [5.41, 5.74) is 1.50. The quantitative estimate of drug-likeness (QED) is 0.505. The molecule has 0 spiro atoms. The van der Waals surface area contributed by atoms with E-state index in [1.165, 1.54) is 4.90 Å². The van der Waals surface area contributed by atoms with Crippen LogP contribution in [0.2, 0.25) is 0 Å². The Morgan fingerprint density at radius 1 is 0.914 bits per heavy atom. The molecule has 0 saturated heterocycles. The molecule has 4 amide bonds. The van der Waals surface area contributed by atoms with Crippen molar-refractivity contribution in [2.45, 2.75) is 19.9 Å². The summed E-state index contributed by atoms with van der Waals surface area (Å²) in [6.07, 6.45) is 0. The Hall–Kier alpha value is -4.46. The lowest BCUT2D eigenvalue weighted by Crippen LogP contribution is -2.50. The Morgan fingerprint density at radius 3 is 2.17 bits per heavy atom. The van der Waals surface area contributed by atoms with Crippen LogP contribution in [0.4, 0.5) is 11.4 Å². The van der Waals surface area contributed by atoms with Gasteiger partial charge in [0, 0.05) is 17.4 Å². The second-order valence-corrected chi connectivity index (χ2v) is 7.97. The van der Waals surface area contributed by atoms with E-state index in [9.17, 15) is 19.2 Å². The minimum absolute atomic E-state index is 0.255. The number of nitrogens with one attached hydrogen (secondary N) is 1. The van der Waals surface area contributed by atoms with Crippen molar-refractivity contribution in [3.8, 4) is 5.75 Å². The molecule has 0 aliphatic carbocycles. The molecule has 1 heterocycles. The Balaban J connectivity index is 1.63. The fourth-order valence-corrected chi connectivity index (χ4v) is 3.95. The van der Waals surface area contributed by atoms with Crippen molar-refractivity contribution in [2.24, 2.45) is 0 Å². The summed E-state index contributed by atoms with van der Waals surface area (Å²) in [7, 11) is 0. The number of amides is 4. The Labute approximate surface area is 203 Å². The number of para-hydroxylation sites is 1. The topological polar surface area (TPSA) is 96.0 Å². The lowest BCUT2D eigenvalue weighted by molar-refractivity contribution is -0.123. The molecule has 178 valence electrons. The van der Waals surface area contributed by atoms with E-state index in [1.807, 2.05) is 13.0 Å². The summed E-state index contributed by atoms with van der Waals surface area (Å²) in [4.78, 5) is 54.5. The molecule has 1 N–H and O–H groups in total. The van der Waals surface area contributed by atoms with Crippen molar-refractivity contribution in [1.82, 2.24) is 4.90 Å². The maximum Gasteiger partial charge on any atom is 0.262 e. The molecule has 0 aromatic heterocycles. The molecule has 1 aliphatic rings. The summed E-state index contributed by atoms with van der Waals surface area (Å²) < 4.78 is 5.56. The van der Waals surface area contributed by atoms with Gasteiger partial charge in [0.25, 0.3) is 11.8 Å². The summed E-state index contributed by atoms with van der Waals surface area (Å²) in [6, 6.07) is 21.2. The minimum Gasteiger partial charge on any atom is -0.494 e. The smallest absolute Gasteiger partial charge is 0.262 e. The molecule has 3 aromatic carbocycles. The van der Waals surface area contributed by atoms with Crippen LogP contribution in [0.5, 0.6) is 5.75 Å². The molecular formula is C27H25N3O5. The molecule has 0 radical (unpaired) electrons. The average Bonchev–Trinajstić information content (AvgIpc) is 3.10. The first kappa shape index (κ1) is 23.7. The molecule has 1 aliphatic heterocycles. The molecule has 0 bridgehead atoms. The number of benzene rings is 3. The number of rotatable bonds is 8. The van der Waals surface area contributed by atoms with Crippen LogP contribution in [-0.4, -0.2) is 47.7 Å². The van der Waals surface area contributed by atoms with Crippen molar-refractivity contribution in [1.29, 1.82) is 0 Å². The van der Waals surface area contributed by atoms with Gasteiger partial charge in [-0.25, -0.2) is 0 Å². The Bertz CT molecular complexity index is 1240. The normalized spacial score (nSPS) is 13.3. The van der Waals surface area contributed by atoms with Crippen LogP contribution in [-0.2, 0) is 9.59 Å². The van der Waals surface area contributed by atoms with E-state index in [0.29, 0.717) is 23.7 Å². The van der Waals surface area contributed by atoms with Crippen LogP contribution in [0.25, 0.3) is 0 Å². The first-order chi connectivity index (χ1) is 16.9. The molecule has 0 saturated carbocycles. The van der Waals surface area contributed by atoms with Crippen molar-refractivity contribution in [3.63, 3.8) is 0 Å². The highest BCUT2D eigenvalue weighted by Gasteiger charge is 2.38. The second-order valence-electron chi connectivity index (χ2n) is 7.97.